The van der Waals surface area contributed by atoms with Crippen molar-refractivity contribution in [1.29, 1.82) is 0 Å². The lowest BCUT2D eigenvalue weighted by atomic mass is 10.2. The van der Waals surface area contributed by atoms with Crippen molar-refractivity contribution in [3.8, 4) is 0 Å². The van der Waals surface area contributed by atoms with Gasteiger partial charge in [-0.15, -0.1) is 0 Å². The van der Waals surface area contributed by atoms with Gasteiger partial charge < -0.3 is 11.1 Å². The van der Waals surface area contributed by atoms with E-state index in [-0.39, 0.29) is 0 Å². The molecule has 0 unspecified atom stereocenters. The van der Waals surface area contributed by atoms with E-state index in [1.807, 2.05) is 6.07 Å². The average molecular weight is 277 g/mol. The smallest absolute Gasteiger partial charge is 0.175 e. The SMILES string of the molecule is CS(=O)(=O)c1ccc(CNc2cccnc2N)cc1. The van der Waals surface area contributed by atoms with Gasteiger partial charge >= 0.3 is 0 Å². The Morgan fingerprint density at radius 2 is 1.89 bits per heavy atom. The molecule has 0 aliphatic rings. The van der Waals surface area contributed by atoms with E-state index in [2.05, 4.69) is 10.3 Å². The molecule has 19 heavy (non-hydrogen) atoms. The molecule has 1 heterocycles. The lowest BCUT2D eigenvalue weighted by molar-refractivity contribution is 0.602. The summed E-state index contributed by atoms with van der Waals surface area (Å²) in [6, 6.07) is 10.4. The number of nitrogen functional groups attached to an aromatic ring is 1. The zero-order valence-corrected chi connectivity index (χ0v) is 11.3. The summed E-state index contributed by atoms with van der Waals surface area (Å²) in [5.74, 6) is 0.440. The normalized spacial score (nSPS) is 11.2. The van der Waals surface area contributed by atoms with Crippen LogP contribution in [0.5, 0.6) is 0 Å². The van der Waals surface area contributed by atoms with Gasteiger partial charge in [0.05, 0.1) is 10.6 Å². The number of nitrogens with one attached hydrogen (secondary N) is 1. The first kappa shape index (κ1) is 13.4. The molecule has 0 aliphatic carbocycles. The highest BCUT2D eigenvalue weighted by Gasteiger charge is 2.06. The zero-order valence-electron chi connectivity index (χ0n) is 10.5. The maximum atomic E-state index is 11.3. The summed E-state index contributed by atoms with van der Waals surface area (Å²) in [4.78, 5) is 4.29. The van der Waals surface area contributed by atoms with Gasteiger partial charge in [-0.2, -0.15) is 0 Å². The molecule has 0 fully saturated rings. The van der Waals surface area contributed by atoms with E-state index >= 15 is 0 Å². The largest absolute Gasteiger partial charge is 0.382 e. The van der Waals surface area contributed by atoms with Gasteiger partial charge in [-0.05, 0) is 29.8 Å². The van der Waals surface area contributed by atoms with Crippen LogP contribution in [-0.4, -0.2) is 19.7 Å². The molecule has 3 N–H and O–H groups in total. The molecule has 0 aliphatic heterocycles. The number of nitrogens with zero attached hydrogens (tertiary/aromatic N) is 1. The molecule has 2 aromatic rings. The Bertz CT molecular complexity index is 667. The van der Waals surface area contributed by atoms with Crippen molar-refractivity contribution in [1.82, 2.24) is 4.98 Å². The van der Waals surface area contributed by atoms with Gasteiger partial charge in [0.15, 0.2) is 9.84 Å². The molecule has 1 aromatic heterocycles. The van der Waals surface area contributed by atoms with Crippen LogP contribution in [0.4, 0.5) is 11.5 Å². The zero-order chi connectivity index (χ0) is 13.9. The number of hydrogen-bond acceptors (Lipinski definition) is 5. The van der Waals surface area contributed by atoms with Gasteiger partial charge in [-0.3, -0.25) is 0 Å². The van der Waals surface area contributed by atoms with E-state index in [0.29, 0.717) is 17.3 Å². The highest BCUT2D eigenvalue weighted by molar-refractivity contribution is 7.90. The van der Waals surface area contributed by atoms with Gasteiger partial charge in [0, 0.05) is 19.0 Å². The standard InChI is InChI=1S/C13H15N3O2S/c1-19(17,18)11-6-4-10(5-7-11)9-16-12-3-2-8-15-13(12)14/h2-8,16H,9H2,1H3,(H2,14,15). The quantitative estimate of drug-likeness (QED) is 0.888. The van der Waals surface area contributed by atoms with Gasteiger partial charge in [0.25, 0.3) is 0 Å². The Morgan fingerprint density at radius 1 is 1.21 bits per heavy atom. The molecule has 0 saturated carbocycles. The Balaban J connectivity index is 2.07. The van der Waals surface area contributed by atoms with Crippen molar-refractivity contribution < 1.29 is 8.42 Å². The van der Waals surface area contributed by atoms with Crippen molar-refractivity contribution in [2.45, 2.75) is 11.4 Å². The summed E-state index contributed by atoms with van der Waals surface area (Å²) in [5, 5.41) is 3.15. The van der Waals surface area contributed by atoms with Gasteiger partial charge in [-0.25, -0.2) is 13.4 Å². The molecule has 5 nitrogen and oxygen atoms in total. The summed E-state index contributed by atoms with van der Waals surface area (Å²) in [6.45, 7) is 0.555. The molecule has 0 bridgehead atoms. The summed E-state index contributed by atoms with van der Waals surface area (Å²) < 4.78 is 22.7. The first-order chi connectivity index (χ1) is 8.97. The first-order valence-corrected chi connectivity index (χ1v) is 7.59. The predicted octanol–water partition coefficient (Wildman–Crippen LogP) is 1.68. The molecule has 0 saturated heterocycles. The van der Waals surface area contributed by atoms with Crippen molar-refractivity contribution in [2.75, 3.05) is 17.3 Å². The van der Waals surface area contributed by atoms with Crippen LogP contribution in [0.3, 0.4) is 0 Å². The van der Waals surface area contributed by atoms with E-state index < -0.39 is 9.84 Å². The Labute approximate surface area is 112 Å². The van der Waals surface area contributed by atoms with E-state index in [1.165, 1.54) is 6.26 Å². The second-order valence-corrected chi connectivity index (χ2v) is 6.22. The minimum atomic E-state index is -3.14. The molecular weight excluding hydrogens is 262 g/mol. The summed E-state index contributed by atoms with van der Waals surface area (Å²) in [5.41, 5.74) is 7.44. The minimum Gasteiger partial charge on any atom is -0.382 e. The number of aromatic nitrogens is 1. The number of sulfone groups is 1. The average Bonchev–Trinajstić information content (AvgIpc) is 2.37. The van der Waals surface area contributed by atoms with Crippen molar-refractivity contribution in [3.05, 3.63) is 48.2 Å². The van der Waals surface area contributed by atoms with Crippen LogP contribution < -0.4 is 11.1 Å². The molecule has 0 amide bonds. The van der Waals surface area contributed by atoms with Crippen molar-refractivity contribution >= 4 is 21.3 Å². The fraction of sp³-hybridized carbons (Fsp3) is 0.154. The van der Waals surface area contributed by atoms with Gasteiger partial charge in [0.1, 0.15) is 5.82 Å². The van der Waals surface area contributed by atoms with Crippen LogP contribution in [0.25, 0.3) is 0 Å². The number of benzene rings is 1. The summed E-state index contributed by atoms with van der Waals surface area (Å²) >= 11 is 0. The molecule has 1 aromatic carbocycles. The topological polar surface area (TPSA) is 85.1 Å². The summed E-state index contributed by atoms with van der Waals surface area (Å²) in [6.07, 6.45) is 2.82. The van der Waals surface area contributed by atoms with Gasteiger partial charge in [0.2, 0.25) is 0 Å². The molecule has 100 valence electrons. The number of hydrogen-bond donors (Lipinski definition) is 2. The number of nitrogens with two attached hydrogens (primary N) is 1. The minimum absolute atomic E-state index is 0.317. The number of rotatable bonds is 4. The van der Waals surface area contributed by atoms with Crippen molar-refractivity contribution in [2.24, 2.45) is 0 Å². The summed E-state index contributed by atoms with van der Waals surface area (Å²) in [7, 11) is -3.14. The van der Waals surface area contributed by atoms with Crippen LogP contribution >= 0.6 is 0 Å². The third-order valence-corrected chi connectivity index (χ3v) is 3.80. The van der Waals surface area contributed by atoms with Crippen molar-refractivity contribution in [3.63, 3.8) is 0 Å². The van der Waals surface area contributed by atoms with Crippen LogP contribution in [0, 0.1) is 0 Å². The predicted molar refractivity (Wildman–Crippen MR) is 75.5 cm³/mol. The van der Waals surface area contributed by atoms with E-state index in [0.717, 1.165) is 11.3 Å². The van der Waals surface area contributed by atoms with Crippen LogP contribution in [0.1, 0.15) is 5.56 Å². The Kier molecular flexibility index (Phi) is 3.71. The molecular formula is C13H15N3O2S. The number of pyridine rings is 1. The Hall–Kier alpha value is -2.08. The van der Waals surface area contributed by atoms with Crippen LogP contribution in [-0.2, 0) is 16.4 Å². The second kappa shape index (κ2) is 5.27. The van der Waals surface area contributed by atoms with Crippen LogP contribution in [0.15, 0.2) is 47.5 Å². The maximum Gasteiger partial charge on any atom is 0.175 e. The highest BCUT2D eigenvalue weighted by Crippen LogP contribution is 2.16. The van der Waals surface area contributed by atoms with E-state index in [4.69, 9.17) is 5.73 Å². The molecule has 0 atom stereocenters. The lowest BCUT2D eigenvalue weighted by Crippen LogP contribution is -2.04. The fourth-order valence-corrected chi connectivity index (χ4v) is 2.25. The number of anilines is 2. The third-order valence-electron chi connectivity index (χ3n) is 2.67. The van der Waals surface area contributed by atoms with E-state index in [9.17, 15) is 8.42 Å². The highest BCUT2D eigenvalue weighted by atomic mass is 32.2. The van der Waals surface area contributed by atoms with E-state index in [1.54, 1.807) is 36.5 Å². The molecule has 6 heteroatoms. The first-order valence-electron chi connectivity index (χ1n) is 5.70. The maximum absolute atomic E-state index is 11.3. The van der Waals surface area contributed by atoms with Gasteiger partial charge in [-0.1, -0.05) is 12.1 Å². The second-order valence-electron chi connectivity index (χ2n) is 4.21. The molecule has 0 spiro atoms. The molecule has 0 radical (unpaired) electrons. The molecule has 2 rings (SSSR count). The lowest BCUT2D eigenvalue weighted by Gasteiger charge is -2.08. The van der Waals surface area contributed by atoms with Crippen LogP contribution in [0.2, 0.25) is 0 Å². The third kappa shape index (κ3) is 3.45. The monoisotopic (exact) mass is 277 g/mol. The Morgan fingerprint density at radius 3 is 2.47 bits per heavy atom. The fourth-order valence-electron chi connectivity index (χ4n) is 1.62.